The number of carbonyl (C=O) groups is 2. The zero-order valence-electron chi connectivity index (χ0n) is 15.1. The fraction of sp³-hybridized carbons (Fsp3) is 0.500. The number of urea groups is 1. The summed E-state index contributed by atoms with van der Waals surface area (Å²) in [4.78, 5) is 26.8. The van der Waals surface area contributed by atoms with Crippen molar-refractivity contribution in [2.45, 2.75) is 5.54 Å². The molecule has 0 aliphatic carbocycles. The van der Waals surface area contributed by atoms with Crippen LogP contribution in [0.1, 0.15) is 5.56 Å². The van der Waals surface area contributed by atoms with Crippen LogP contribution in [0.2, 0.25) is 0 Å². The summed E-state index contributed by atoms with van der Waals surface area (Å²) >= 11 is 1.75. The number of ether oxygens (including phenoxy) is 1. The lowest BCUT2D eigenvalue weighted by atomic mass is 9.86. The van der Waals surface area contributed by atoms with E-state index in [1.54, 1.807) is 36.0 Å². The van der Waals surface area contributed by atoms with E-state index in [0.717, 1.165) is 11.5 Å². The van der Waals surface area contributed by atoms with Gasteiger partial charge in [0.15, 0.2) is 0 Å². The van der Waals surface area contributed by atoms with Crippen molar-refractivity contribution in [3.8, 4) is 5.75 Å². The van der Waals surface area contributed by atoms with E-state index in [9.17, 15) is 18.0 Å². The first-order chi connectivity index (χ1) is 12.9. The zero-order valence-corrected chi connectivity index (χ0v) is 16.7. The van der Waals surface area contributed by atoms with E-state index in [0.29, 0.717) is 24.4 Å². The Morgan fingerprint density at radius 3 is 2.41 bits per heavy atom. The van der Waals surface area contributed by atoms with E-state index < -0.39 is 28.0 Å². The van der Waals surface area contributed by atoms with Gasteiger partial charge in [0.1, 0.15) is 11.3 Å². The molecule has 11 heteroatoms. The highest BCUT2D eigenvalue weighted by atomic mass is 32.2. The van der Waals surface area contributed by atoms with Crippen molar-refractivity contribution in [2.75, 3.05) is 45.3 Å². The minimum atomic E-state index is -2.69. The molecule has 0 radical (unpaired) electrons. The zero-order chi connectivity index (χ0) is 19.9. The average molecular weight is 415 g/mol. The summed E-state index contributed by atoms with van der Waals surface area (Å²) in [5.41, 5.74) is -0.898. The number of methoxy groups -OCH3 is 1. The summed E-state index contributed by atoms with van der Waals surface area (Å²) in [5, 5.41) is 4.63. The standard InChI is InChI=1S/C16H22N4O5S2/c1-17-15(22)19-14(21)16(11-18-27(23)24,20-7-9-26-10-8-20)12-3-5-13(25-2)6-4-12/h3-6H,7-11H2,1-2H3,(H2,17,19,21,22). The number of hydrogen-bond acceptors (Lipinski definition) is 8. The number of rotatable bonds is 6. The van der Waals surface area contributed by atoms with Crippen molar-refractivity contribution < 1.29 is 22.7 Å². The second-order valence-corrected chi connectivity index (χ2v) is 7.64. The van der Waals surface area contributed by atoms with Crippen molar-refractivity contribution in [3.63, 3.8) is 0 Å². The number of nitrogens with one attached hydrogen (secondary N) is 2. The second-order valence-electron chi connectivity index (χ2n) is 5.73. The summed E-state index contributed by atoms with van der Waals surface area (Å²) < 4.78 is 31.0. The molecule has 2 rings (SSSR count). The molecule has 0 spiro atoms. The molecule has 9 nitrogen and oxygen atoms in total. The second kappa shape index (κ2) is 9.72. The molecule has 1 unspecified atom stereocenters. The van der Waals surface area contributed by atoms with E-state index in [4.69, 9.17) is 4.74 Å². The molecule has 1 aliphatic heterocycles. The number of carbonyl (C=O) groups excluding carboxylic acids is 2. The predicted octanol–water partition coefficient (Wildman–Crippen LogP) is 0.458. The lowest BCUT2D eigenvalue weighted by molar-refractivity contribution is -0.132. The van der Waals surface area contributed by atoms with Gasteiger partial charge in [-0.05, 0) is 17.7 Å². The van der Waals surface area contributed by atoms with Crippen LogP contribution in [-0.2, 0) is 20.8 Å². The summed E-state index contributed by atoms with van der Waals surface area (Å²) in [6.07, 6.45) is 0. The molecule has 27 heavy (non-hydrogen) atoms. The molecule has 0 saturated carbocycles. The molecule has 1 aromatic rings. The predicted molar refractivity (Wildman–Crippen MR) is 102 cm³/mol. The molecule has 1 fully saturated rings. The van der Waals surface area contributed by atoms with Gasteiger partial charge in [-0.3, -0.25) is 15.0 Å². The molecule has 1 heterocycles. The number of amides is 3. The molecule has 0 aromatic heterocycles. The van der Waals surface area contributed by atoms with Gasteiger partial charge in [0.05, 0.1) is 13.7 Å². The lowest BCUT2D eigenvalue weighted by Crippen LogP contribution is -2.61. The molecule has 2 N–H and O–H groups in total. The van der Waals surface area contributed by atoms with Crippen LogP contribution in [0, 0.1) is 0 Å². The minimum Gasteiger partial charge on any atom is -0.497 e. The third kappa shape index (κ3) is 4.99. The van der Waals surface area contributed by atoms with Crippen molar-refractivity contribution in [1.29, 1.82) is 0 Å². The van der Waals surface area contributed by atoms with Gasteiger partial charge in [-0.25, -0.2) is 4.79 Å². The minimum absolute atomic E-state index is 0.330. The van der Waals surface area contributed by atoms with Crippen molar-refractivity contribution in [3.05, 3.63) is 29.8 Å². The summed E-state index contributed by atoms with van der Waals surface area (Å²) in [6.45, 7) is 0.778. The van der Waals surface area contributed by atoms with Crippen LogP contribution in [0.4, 0.5) is 4.79 Å². The van der Waals surface area contributed by atoms with E-state index in [-0.39, 0.29) is 6.54 Å². The van der Waals surface area contributed by atoms with Crippen LogP contribution >= 0.6 is 11.8 Å². The third-order valence-electron chi connectivity index (χ3n) is 4.35. The number of imide groups is 1. The Labute approximate surface area is 163 Å². The SMILES string of the molecule is CNC(=O)NC(=O)C(CN=S(=O)=O)(c1ccc(OC)cc1)N1CCSCC1. The fourth-order valence-corrected chi connectivity index (χ4v) is 4.14. The van der Waals surface area contributed by atoms with Crippen LogP contribution in [0.3, 0.4) is 0 Å². The van der Waals surface area contributed by atoms with Gasteiger partial charge in [0, 0.05) is 31.6 Å². The number of nitrogens with zero attached hydrogens (tertiary/aromatic N) is 2. The normalized spacial score (nSPS) is 16.7. The Bertz CT molecular complexity index is 799. The van der Waals surface area contributed by atoms with Crippen molar-refractivity contribution >= 4 is 34.2 Å². The Balaban J connectivity index is 2.59. The van der Waals surface area contributed by atoms with Gasteiger partial charge in [0.2, 0.25) is 0 Å². The first-order valence-electron chi connectivity index (χ1n) is 8.21. The maximum absolute atomic E-state index is 13.2. The van der Waals surface area contributed by atoms with E-state index in [1.807, 2.05) is 4.90 Å². The van der Waals surface area contributed by atoms with Gasteiger partial charge in [0.25, 0.3) is 5.91 Å². The Kier molecular flexibility index (Phi) is 7.63. The van der Waals surface area contributed by atoms with Crippen molar-refractivity contribution in [2.24, 2.45) is 4.36 Å². The molecule has 0 bridgehead atoms. The molecular formula is C16H22N4O5S2. The van der Waals surface area contributed by atoms with E-state index in [2.05, 4.69) is 15.0 Å². The van der Waals surface area contributed by atoms with Crippen LogP contribution < -0.4 is 15.4 Å². The Morgan fingerprint density at radius 1 is 1.26 bits per heavy atom. The summed E-state index contributed by atoms with van der Waals surface area (Å²) in [5.74, 6) is 1.53. The summed E-state index contributed by atoms with van der Waals surface area (Å²) in [6, 6.07) is 6.07. The van der Waals surface area contributed by atoms with E-state index >= 15 is 0 Å². The quantitative estimate of drug-likeness (QED) is 0.694. The maximum atomic E-state index is 13.2. The molecule has 1 atom stereocenters. The first kappa shape index (κ1) is 21.2. The van der Waals surface area contributed by atoms with Crippen LogP contribution in [0.5, 0.6) is 5.75 Å². The van der Waals surface area contributed by atoms with Gasteiger partial charge in [-0.2, -0.15) is 24.5 Å². The highest BCUT2D eigenvalue weighted by Gasteiger charge is 2.47. The molecule has 1 aromatic carbocycles. The van der Waals surface area contributed by atoms with E-state index in [1.165, 1.54) is 14.2 Å². The highest BCUT2D eigenvalue weighted by Crippen LogP contribution is 2.33. The smallest absolute Gasteiger partial charge is 0.321 e. The van der Waals surface area contributed by atoms with Gasteiger partial charge >= 0.3 is 16.5 Å². The average Bonchev–Trinajstić information content (AvgIpc) is 2.69. The Hall–Kier alpha value is -2.11. The lowest BCUT2D eigenvalue weighted by Gasteiger charge is -2.43. The molecule has 3 amide bonds. The number of hydrogen-bond donors (Lipinski definition) is 2. The molecule has 1 aliphatic rings. The van der Waals surface area contributed by atoms with Gasteiger partial charge in [-0.15, -0.1) is 0 Å². The van der Waals surface area contributed by atoms with Gasteiger partial charge in [-0.1, -0.05) is 12.1 Å². The number of thioether (sulfide) groups is 1. The maximum Gasteiger partial charge on any atom is 0.321 e. The molecule has 148 valence electrons. The number of benzene rings is 1. The van der Waals surface area contributed by atoms with Crippen LogP contribution in [-0.4, -0.2) is 70.6 Å². The monoisotopic (exact) mass is 414 g/mol. The van der Waals surface area contributed by atoms with Gasteiger partial charge < -0.3 is 10.1 Å². The topological polar surface area (TPSA) is 117 Å². The fourth-order valence-electron chi connectivity index (χ4n) is 2.95. The first-order valence-corrected chi connectivity index (χ1v) is 10.4. The third-order valence-corrected chi connectivity index (χ3v) is 5.63. The molecular weight excluding hydrogens is 392 g/mol. The van der Waals surface area contributed by atoms with Crippen LogP contribution in [0.15, 0.2) is 28.6 Å². The van der Waals surface area contributed by atoms with Crippen molar-refractivity contribution in [1.82, 2.24) is 15.5 Å². The summed E-state index contributed by atoms with van der Waals surface area (Å²) in [7, 11) is 0.232. The largest absolute Gasteiger partial charge is 0.497 e. The Morgan fingerprint density at radius 2 is 1.89 bits per heavy atom. The molecule has 1 saturated heterocycles. The highest BCUT2D eigenvalue weighted by molar-refractivity contribution is 7.99. The van der Waals surface area contributed by atoms with Crippen LogP contribution in [0.25, 0.3) is 0 Å².